The second kappa shape index (κ2) is 9.68. The first kappa shape index (κ1) is 24.1. The fraction of sp³-hybridized carbons (Fsp3) is 0.259. The van der Waals surface area contributed by atoms with Crippen LogP contribution >= 0.6 is 11.3 Å². The Kier molecular flexibility index (Phi) is 6.86. The first-order valence-corrected chi connectivity index (χ1v) is 13.6. The van der Waals surface area contributed by atoms with Gasteiger partial charge in [0, 0.05) is 5.56 Å². The largest absolute Gasteiger partial charge is 0.279 e. The van der Waals surface area contributed by atoms with Gasteiger partial charge in [0.05, 0.1) is 26.9 Å². The molecule has 0 spiro atoms. The van der Waals surface area contributed by atoms with Crippen LogP contribution in [-0.2, 0) is 16.4 Å². The number of anilines is 1. The van der Waals surface area contributed by atoms with Crippen LogP contribution in [0.3, 0.4) is 0 Å². The standard InChI is InChI=1S/C27H28N2O3S2/c1-18(2)23-11-8-12-24-25(23)28-27(33-24)29(17-20-9-6-5-7-10-20)26(30)21-13-15-22(16-14-21)34(31,32)19(3)4/h5-16,18-19H,17H2,1-4H3. The summed E-state index contributed by atoms with van der Waals surface area (Å²) in [6, 6.07) is 22.1. The average Bonchev–Trinajstić information content (AvgIpc) is 3.26. The molecule has 0 fully saturated rings. The molecule has 0 atom stereocenters. The number of aromatic nitrogens is 1. The maximum absolute atomic E-state index is 13.7. The molecule has 1 aromatic heterocycles. The topological polar surface area (TPSA) is 67.3 Å². The predicted molar refractivity (Wildman–Crippen MR) is 139 cm³/mol. The number of nitrogens with zero attached hydrogens (tertiary/aromatic N) is 2. The zero-order valence-electron chi connectivity index (χ0n) is 19.7. The average molecular weight is 493 g/mol. The third-order valence-corrected chi connectivity index (χ3v) is 8.98. The molecule has 4 rings (SSSR count). The summed E-state index contributed by atoms with van der Waals surface area (Å²) in [6.07, 6.45) is 0. The smallest absolute Gasteiger partial charge is 0.260 e. The summed E-state index contributed by atoms with van der Waals surface area (Å²) in [4.78, 5) is 20.5. The quantitative estimate of drug-likeness (QED) is 0.297. The van der Waals surface area contributed by atoms with Crippen molar-refractivity contribution in [3.8, 4) is 0 Å². The molecule has 176 valence electrons. The molecule has 0 saturated carbocycles. The number of rotatable bonds is 7. The molecular weight excluding hydrogens is 464 g/mol. The van der Waals surface area contributed by atoms with Gasteiger partial charge in [-0.05, 0) is 61.2 Å². The number of para-hydroxylation sites is 1. The maximum atomic E-state index is 13.7. The van der Waals surface area contributed by atoms with Gasteiger partial charge < -0.3 is 0 Å². The van der Waals surface area contributed by atoms with Crippen molar-refractivity contribution in [1.82, 2.24) is 4.98 Å². The Balaban J connectivity index is 1.76. The van der Waals surface area contributed by atoms with Gasteiger partial charge in [0.25, 0.3) is 5.91 Å². The molecule has 7 heteroatoms. The number of carbonyl (C=O) groups is 1. The van der Waals surface area contributed by atoms with E-state index in [9.17, 15) is 13.2 Å². The van der Waals surface area contributed by atoms with Crippen LogP contribution < -0.4 is 4.90 Å². The Morgan fingerprint density at radius 1 is 0.912 bits per heavy atom. The van der Waals surface area contributed by atoms with E-state index in [1.807, 2.05) is 42.5 Å². The van der Waals surface area contributed by atoms with Crippen LogP contribution in [0.5, 0.6) is 0 Å². The van der Waals surface area contributed by atoms with Gasteiger partial charge >= 0.3 is 0 Å². The number of hydrogen-bond donors (Lipinski definition) is 0. The van der Waals surface area contributed by atoms with Crippen molar-refractivity contribution in [2.45, 2.75) is 50.3 Å². The molecule has 0 aliphatic heterocycles. The van der Waals surface area contributed by atoms with Gasteiger partial charge in [-0.1, -0.05) is 67.6 Å². The lowest BCUT2D eigenvalue weighted by Gasteiger charge is -2.20. The Labute approximate surface area is 205 Å². The minimum atomic E-state index is -3.41. The van der Waals surface area contributed by atoms with Gasteiger partial charge in [0.1, 0.15) is 0 Å². The fourth-order valence-corrected chi connectivity index (χ4v) is 5.80. The monoisotopic (exact) mass is 492 g/mol. The summed E-state index contributed by atoms with van der Waals surface area (Å²) in [7, 11) is -3.41. The molecule has 5 nitrogen and oxygen atoms in total. The molecule has 1 heterocycles. The lowest BCUT2D eigenvalue weighted by atomic mass is 10.0. The minimum Gasteiger partial charge on any atom is -0.279 e. The van der Waals surface area contributed by atoms with E-state index in [-0.39, 0.29) is 10.8 Å². The second-order valence-electron chi connectivity index (χ2n) is 8.84. The van der Waals surface area contributed by atoms with Crippen molar-refractivity contribution in [2.75, 3.05) is 4.90 Å². The Bertz CT molecular complexity index is 1410. The zero-order valence-corrected chi connectivity index (χ0v) is 21.4. The Hall–Kier alpha value is -3.03. The first-order chi connectivity index (χ1) is 16.2. The van der Waals surface area contributed by atoms with Crippen molar-refractivity contribution < 1.29 is 13.2 Å². The SMILES string of the molecule is CC(C)c1cccc2sc(N(Cc3ccccc3)C(=O)c3ccc(S(=O)(=O)C(C)C)cc3)nc12. The van der Waals surface area contributed by atoms with Crippen LogP contribution in [0.4, 0.5) is 5.13 Å². The van der Waals surface area contributed by atoms with Crippen LogP contribution in [0, 0.1) is 0 Å². The summed E-state index contributed by atoms with van der Waals surface area (Å²) in [5, 5.41) is 0.0948. The first-order valence-electron chi connectivity index (χ1n) is 11.3. The fourth-order valence-electron chi connectivity index (χ4n) is 3.75. The van der Waals surface area contributed by atoms with Crippen molar-refractivity contribution in [3.05, 3.63) is 89.5 Å². The minimum absolute atomic E-state index is 0.218. The third kappa shape index (κ3) is 4.76. The molecular formula is C27H28N2O3S2. The number of amides is 1. The maximum Gasteiger partial charge on any atom is 0.260 e. The normalized spacial score (nSPS) is 11.9. The molecule has 3 aromatic carbocycles. The summed E-state index contributed by atoms with van der Waals surface area (Å²) in [5.74, 6) is 0.0925. The van der Waals surface area contributed by atoms with Crippen molar-refractivity contribution in [2.24, 2.45) is 0 Å². The lowest BCUT2D eigenvalue weighted by Crippen LogP contribution is -2.30. The van der Waals surface area contributed by atoms with E-state index in [2.05, 4.69) is 19.9 Å². The van der Waals surface area contributed by atoms with E-state index in [0.717, 1.165) is 21.3 Å². The van der Waals surface area contributed by atoms with Gasteiger partial charge in [0.15, 0.2) is 15.0 Å². The van der Waals surface area contributed by atoms with E-state index in [0.29, 0.717) is 23.2 Å². The number of hydrogen-bond acceptors (Lipinski definition) is 5. The Morgan fingerprint density at radius 3 is 2.21 bits per heavy atom. The van der Waals surface area contributed by atoms with Crippen LogP contribution in [0.25, 0.3) is 10.2 Å². The van der Waals surface area contributed by atoms with E-state index < -0.39 is 15.1 Å². The highest BCUT2D eigenvalue weighted by Gasteiger charge is 2.24. The molecule has 34 heavy (non-hydrogen) atoms. The van der Waals surface area contributed by atoms with Crippen molar-refractivity contribution in [1.29, 1.82) is 0 Å². The molecule has 0 aliphatic carbocycles. The summed E-state index contributed by atoms with van der Waals surface area (Å²) >= 11 is 1.49. The number of benzene rings is 3. The van der Waals surface area contributed by atoms with Gasteiger partial charge in [-0.25, -0.2) is 13.4 Å². The van der Waals surface area contributed by atoms with Crippen LogP contribution in [0.15, 0.2) is 77.7 Å². The van der Waals surface area contributed by atoms with Crippen LogP contribution in [0.1, 0.15) is 55.1 Å². The molecule has 0 radical (unpaired) electrons. The number of thiazole rings is 1. The molecule has 0 N–H and O–H groups in total. The van der Waals surface area contributed by atoms with E-state index in [4.69, 9.17) is 4.98 Å². The molecule has 4 aromatic rings. The third-order valence-electron chi connectivity index (χ3n) is 5.77. The molecule has 0 unspecified atom stereocenters. The van der Waals surface area contributed by atoms with Crippen LogP contribution in [0.2, 0.25) is 0 Å². The van der Waals surface area contributed by atoms with Crippen molar-refractivity contribution in [3.63, 3.8) is 0 Å². The molecule has 0 aliphatic rings. The summed E-state index contributed by atoms with van der Waals surface area (Å²) in [5.41, 5.74) is 3.47. The predicted octanol–water partition coefficient (Wildman–Crippen LogP) is 6.45. The van der Waals surface area contributed by atoms with Gasteiger partial charge in [0.2, 0.25) is 0 Å². The number of fused-ring (bicyclic) bond motifs is 1. The van der Waals surface area contributed by atoms with Gasteiger partial charge in [-0.2, -0.15) is 0 Å². The zero-order chi connectivity index (χ0) is 24.5. The van der Waals surface area contributed by atoms with E-state index in [1.165, 1.54) is 23.5 Å². The second-order valence-corrected chi connectivity index (χ2v) is 12.4. The molecule has 1 amide bonds. The summed E-state index contributed by atoms with van der Waals surface area (Å²) in [6.45, 7) is 7.92. The number of sulfone groups is 1. The van der Waals surface area contributed by atoms with Crippen molar-refractivity contribution >= 4 is 42.4 Å². The highest BCUT2D eigenvalue weighted by Crippen LogP contribution is 2.35. The number of carbonyl (C=O) groups excluding carboxylic acids is 1. The summed E-state index contributed by atoms with van der Waals surface area (Å²) < 4.78 is 26.0. The van der Waals surface area contributed by atoms with Gasteiger partial charge in [-0.3, -0.25) is 9.69 Å². The van der Waals surface area contributed by atoms with Gasteiger partial charge in [-0.15, -0.1) is 0 Å². The highest BCUT2D eigenvalue weighted by atomic mass is 32.2. The highest BCUT2D eigenvalue weighted by molar-refractivity contribution is 7.92. The van der Waals surface area contributed by atoms with E-state index >= 15 is 0 Å². The molecule has 0 saturated heterocycles. The molecule has 0 bridgehead atoms. The lowest BCUT2D eigenvalue weighted by molar-refractivity contribution is 0.0985. The van der Waals surface area contributed by atoms with Crippen LogP contribution in [-0.4, -0.2) is 24.6 Å². The van der Waals surface area contributed by atoms with E-state index in [1.54, 1.807) is 30.9 Å². The Morgan fingerprint density at radius 2 is 1.59 bits per heavy atom.